The molecule has 0 fully saturated rings. The largest absolute Gasteiger partial charge is 0.477 e. The van der Waals surface area contributed by atoms with E-state index >= 15 is 0 Å². The lowest BCUT2D eigenvalue weighted by molar-refractivity contribution is 0.0682. The molecule has 0 bridgehead atoms. The van der Waals surface area contributed by atoms with Crippen molar-refractivity contribution >= 4 is 26.7 Å². The number of hydrogen-bond acceptors (Lipinski definition) is 3. The molecule has 156 valence electrons. The van der Waals surface area contributed by atoms with Gasteiger partial charge < -0.3 is 9.67 Å². The fourth-order valence-electron chi connectivity index (χ4n) is 3.80. The number of unbranched alkanes of at least 4 members (excludes halogenated alkanes) is 9. The van der Waals surface area contributed by atoms with Gasteiger partial charge in [0.2, 0.25) is 0 Å². The third-order valence-corrected chi connectivity index (χ3v) is 7.20. The summed E-state index contributed by atoms with van der Waals surface area (Å²) in [4.78, 5) is 11.7. The number of aromatic nitrogens is 1. The summed E-state index contributed by atoms with van der Waals surface area (Å²) in [6.07, 6.45) is 11.2. The van der Waals surface area contributed by atoms with Crippen LogP contribution in [0.3, 0.4) is 0 Å². The Morgan fingerprint density at radius 1 is 0.929 bits per heavy atom. The number of para-hydroxylation sites is 1. The second kappa shape index (κ2) is 10.6. The number of carbonyl (C=O) groups is 1. The highest BCUT2D eigenvalue weighted by atomic mass is 32.2. The Kier molecular flexibility index (Phi) is 8.55. The lowest BCUT2D eigenvalue weighted by Crippen LogP contribution is -2.14. The molecule has 0 spiro atoms. The van der Waals surface area contributed by atoms with Gasteiger partial charge in [-0.2, -0.15) is 0 Å². The summed E-state index contributed by atoms with van der Waals surface area (Å²) in [5.41, 5.74) is 0.481. The standard InChI is InChI=1S/C22H33NO4S/c1-3-4-5-6-7-8-9-10-11-14-17-28(26,27)21-18-15-12-13-16-19(18)23(2)20(21)22(24)25/h12-13,15-16H,3-11,14,17H2,1-2H3,(H,24,25). The summed E-state index contributed by atoms with van der Waals surface area (Å²) in [6, 6.07) is 6.97. The zero-order valence-corrected chi connectivity index (χ0v) is 17.9. The number of sulfone groups is 1. The van der Waals surface area contributed by atoms with Gasteiger partial charge in [-0.3, -0.25) is 0 Å². The lowest BCUT2D eigenvalue weighted by atomic mass is 10.1. The summed E-state index contributed by atoms with van der Waals surface area (Å²) in [5.74, 6) is -1.21. The van der Waals surface area contributed by atoms with E-state index in [4.69, 9.17) is 0 Å². The van der Waals surface area contributed by atoms with Gasteiger partial charge in [-0.05, 0) is 12.5 Å². The SMILES string of the molecule is CCCCCCCCCCCCS(=O)(=O)c1c(C(=O)O)n(C)c2ccccc12. The molecule has 0 aliphatic heterocycles. The first-order valence-corrected chi connectivity index (χ1v) is 12.1. The van der Waals surface area contributed by atoms with Gasteiger partial charge in [0, 0.05) is 18.0 Å². The van der Waals surface area contributed by atoms with E-state index in [9.17, 15) is 18.3 Å². The topological polar surface area (TPSA) is 76.4 Å². The number of carboxylic acids is 1. The van der Waals surface area contributed by atoms with E-state index in [1.165, 1.54) is 43.1 Å². The highest BCUT2D eigenvalue weighted by Crippen LogP contribution is 2.31. The number of rotatable bonds is 13. The Hall–Kier alpha value is -1.82. The van der Waals surface area contributed by atoms with E-state index in [2.05, 4.69) is 6.92 Å². The maximum absolute atomic E-state index is 12.9. The van der Waals surface area contributed by atoms with Gasteiger partial charge in [0.05, 0.1) is 5.75 Å². The first kappa shape index (κ1) is 22.5. The van der Waals surface area contributed by atoms with Crippen LogP contribution >= 0.6 is 0 Å². The van der Waals surface area contributed by atoms with Crippen LogP contribution in [0.25, 0.3) is 10.9 Å². The molecule has 28 heavy (non-hydrogen) atoms. The molecule has 6 heteroatoms. The van der Waals surface area contributed by atoms with Crippen molar-refractivity contribution in [2.75, 3.05) is 5.75 Å². The number of benzene rings is 1. The van der Waals surface area contributed by atoms with Gasteiger partial charge in [-0.1, -0.05) is 82.9 Å². The molecule has 0 amide bonds. The van der Waals surface area contributed by atoms with Crippen LogP contribution in [0.1, 0.15) is 81.6 Å². The number of aromatic carboxylic acids is 1. The molecule has 1 aromatic heterocycles. The third kappa shape index (κ3) is 5.60. The average molecular weight is 408 g/mol. The van der Waals surface area contributed by atoms with Crippen molar-refractivity contribution in [3.63, 3.8) is 0 Å². The molecule has 0 unspecified atom stereocenters. The molecular formula is C22H33NO4S. The fourth-order valence-corrected chi connectivity index (χ4v) is 5.61. The Morgan fingerprint density at radius 2 is 1.46 bits per heavy atom. The van der Waals surface area contributed by atoms with Crippen molar-refractivity contribution in [1.29, 1.82) is 0 Å². The normalized spacial score (nSPS) is 11.9. The maximum Gasteiger partial charge on any atom is 0.353 e. The van der Waals surface area contributed by atoms with Crippen molar-refractivity contribution in [1.82, 2.24) is 4.57 Å². The summed E-state index contributed by atoms with van der Waals surface area (Å²) in [7, 11) is -2.05. The summed E-state index contributed by atoms with van der Waals surface area (Å²) < 4.78 is 27.3. The highest BCUT2D eigenvalue weighted by molar-refractivity contribution is 7.91. The van der Waals surface area contributed by atoms with Crippen LogP contribution in [0.5, 0.6) is 0 Å². The van der Waals surface area contributed by atoms with Crippen molar-refractivity contribution in [2.24, 2.45) is 7.05 Å². The van der Waals surface area contributed by atoms with Crippen molar-refractivity contribution in [3.05, 3.63) is 30.0 Å². The Bertz CT molecular complexity index is 883. The van der Waals surface area contributed by atoms with Crippen LogP contribution in [-0.2, 0) is 16.9 Å². The molecule has 0 aliphatic carbocycles. The molecule has 1 heterocycles. The average Bonchev–Trinajstić information content (AvgIpc) is 2.97. The zero-order valence-electron chi connectivity index (χ0n) is 17.1. The minimum atomic E-state index is -3.65. The van der Waals surface area contributed by atoms with E-state index in [0.717, 1.165) is 19.3 Å². The van der Waals surface area contributed by atoms with Crippen molar-refractivity contribution in [3.8, 4) is 0 Å². The van der Waals surface area contributed by atoms with Crippen LogP contribution in [-0.4, -0.2) is 29.8 Å². The molecule has 0 atom stereocenters. The van der Waals surface area contributed by atoms with E-state index in [1.807, 2.05) is 0 Å². The molecular weight excluding hydrogens is 374 g/mol. The van der Waals surface area contributed by atoms with E-state index < -0.39 is 15.8 Å². The molecule has 2 rings (SSSR count). The van der Waals surface area contributed by atoms with Crippen LogP contribution in [0.2, 0.25) is 0 Å². The van der Waals surface area contributed by atoms with Crippen molar-refractivity contribution in [2.45, 2.75) is 76.0 Å². The van der Waals surface area contributed by atoms with Crippen LogP contribution in [0.15, 0.2) is 29.2 Å². The van der Waals surface area contributed by atoms with E-state index in [0.29, 0.717) is 17.3 Å². The smallest absolute Gasteiger partial charge is 0.353 e. The summed E-state index contributed by atoms with van der Waals surface area (Å²) in [5, 5.41) is 10.1. The quantitative estimate of drug-likeness (QED) is 0.440. The summed E-state index contributed by atoms with van der Waals surface area (Å²) in [6.45, 7) is 2.21. The zero-order chi connectivity index (χ0) is 20.6. The maximum atomic E-state index is 12.9. The van der Waals surface area contributed by atoms with Gasteiger partial charge in [-0.25, -0.2) is 13.2 Å². The Balaban J connectivity index is 1.93. The minimum absolute atomic E-state index is 0.00219. The number of aryl methyl sites for hydroxylation is 1. The van der Waals surface area contributed by atoms with Crippen LogP contribution < -0.4 is 0 Å². The molecule has 1 aromatic carbocycles. The fraction of sp³-hybridized carbons (Fsp3) is 0.591. The van der Waals surface area contributed by atoms with Crippen LogP contribution in [0, 0.1) is 0 Å². The van der Waals surface area contributed by atoms with Crippen molar-refractivity contribution < 1.29 is 18.3 Å². The molecule has 0 radical (unpaired) electrons. The monoisotopic (exact) mass is 407 g/mol. The predicted molar refractivity (Wildman–Crippen MR) is 114 cm³/mol. The van der Waals surface area contributed by atoms with Gasteiger partial charge in [0.15, 0.2) is 9.84 Å². The molecule has 0 aliphatic rings. The first-order valence-electron chi connectivity index (χ1n) is 10.4. The van der Waals surface area contributed by atoms with E-state index in [-0.39, 0.29) is 16.3 Å². The van der Waals surface area contributed by atoms with Gasteiger partial charge >= 0.3 is 5.97 Å². The second-order valence-corrected chi connectivity index (χ2v) is 9.61. The second-order valence-electron chi connectivity index (χ2n) is 7.56. The van der Waals surface area contributed by atoms with Gasteiger partial charge in [0.25, 0.3) is 0 Å². The minimum Gasteiger partial charge on any atom is -0.477 e. The first-order chi connectivity index (χ1) is 13.4. The molecule has 0 saturated heterocycles. The van der Waals surface area contributed by atoms with Gasteiger partial charge in [-0.15, -0.1) is 0 Å². The summed E-state index contributed by atoms with van der Waals surface area (Å²) >= 11 is 0. The molecule has 5 nitrogen and oxygen atoms in total. The molecule has 0 saturated carbocycles. The molecule has 1 N–H and O–H groups in total. The predicted octanol–water partition coefficient (Wildman–Crippen LogP) is 5.57. The number of carboxylic acid groups (broad SMARTS) is 1. The number of hydrogen-bond donors (Lipinski definition) is 1. The number of fused-ring (bicyclic) bond motifs is 1. The third-order valence-electron chi connectivity index (χ3n) is 5.34. The number of nitrogens with zero attached hydrogens (tertiary/aromatic N) is 1. The van der Waals surface area contributed by atoms with E-state index in [1.54, 1.807) is 31.3 Å². The van der Waals surface area contributed by atoms with Crippen LogP contribution in [0.4, 0.5) is 0 Å². The lowest BCUT2D eigenvalue weighted by Gasteiger charge is -2.06. The Labute approximate surface area is 168 Å². The Morgan fingerprint density at radius 3 is 2.04 bits per heavy atom. The van der Waals surface area contributed by atoms with Gasteiger partial charge in [0.1, 0.15) is 10.6 Å². The molecule has 2 aromatic rings. The highest BCUT2D eigenvalue weighted by Gasteiger charge is 2.29.